The Kier molecular flexibility index (Phi) is 3.93. The summed E-state index contributed by atoms with van der Waals surface area (Å²) in [5, 5.41) is 5.38. The van der Waals surface area contributed by atoms with Crippen LogP contribution in [0.1, 0.15) is 22.6 Å². The summed E-state index contributed by atoms with van der Waals surface area (Å²) in [7, 11) is 1.79. The summed E-state index contributed by atoms with van der Waals surface area (Å²) in [6, 6.07) is 0. The second-order valence-corrected chi connectivity index (χ2v) is 4.82. The maximum absolute atomic E-state index is 11.7. The number of anilines is 1. The van der Waals surface area contributed by atoms with Gasteiger partial charge in [0, 0.05) is 19.0 Å². The second kappa shape index (κ2) is 5.63. The number of nitrogen functional groups attached to an aromatic ring is 1. The van der Waals surface area contributed by atoms with E-state index in [1.807, 2.05) is 5.38 Å². The number of nitrogens with zero attached hydrogens (tertiary/aromatic N) is 3. The quantitative estimate of drug-likeness (QED) is 0.784. The van der Waals surface area contributed by atoms with E-state index in [1.54, 1.807) is 24.1 Å². The Morgan fingerprint density at radius 2 is 2.44 bits per heavy atom. The molecule has 0 saturated carbocycles. The largest absolute Gasteiger partial charge is 0.375 e. The molecule has 6 nitrogen and oxygen atoms in total. The highest BCUT2D eigenvalue weighted by Crippen LogP contribution is 2.12. The van der Waals surface area contributed by atoms with Crippen LogP contribution in [0, 0.1) is 0 Å². The van der Waals surface area contributed by atoms with Crippen molar-refractivity contribution in [3.63, 3.8) is 0 Å². The lowest BCUT2D eigenvalue weighted by Gasteiger charge is -2.04. The summed E-state index contributed by atoms with van der Waals surface area (Å²) < 4.78 is 1.69. The van der Waals surface area contributed by atoms with Gasteiger partial charge in [0.2, 0.25) is 0 Å². The molecular weight excluding hydrogens is 250 g/mol. The van der Waals surface area contributed by atoms with Gasteiger partial charge in [0.25, 0.3) is 5.91 Å². The van der Waals surface area contributed by atoms with Crippen molar-refractivity contribution in [2.45, 2.75) is 12.8 Å². The summed E-state index contributed by atoms with van der Waals surface area (Å²) in [6.45, 7) is 0.613. The highest BCUT2D eigenvalue weighted by Gasteiger charge is 2.08. The Morgan fingerprint density at radius 3 is 3.06 bits per heavy atom. The van der Waals surface area contributed by atoms with Gasteiger partial charge in [-0.05, 0) is 12.8 Å². The van der Waals surface area contributed by atoms with Gasteiger partial charge < -0.3 is 15.6 Å². The Morgan fingerprint density at radius 1 is 1.61 bits per heavy atom. The maximum atomic E-state index is 11.7. The average molecular weight is 265 g/mol. The van der Waals surface area contributed by atoms with Crippen molar-refractivity contribution in [3.05, 3.63) is 29.3 Å². The van der Waals surface area contributed by atoms with Gasteiger partial charge >= 0.3 is 0 Å². The molecule has 0 aliphatic rings. The Balaban J connectivity index is 1.73. The van der Waals surface area contributed by atoms with Gasteiger partial charge in [-0.15, -0.1) is 11.3 Å². The first kappa shape index (κ1) is 12.6. The lowest BCUT2D eigenvalue weighted by atomic mass is 10.2. The number of amides is 1. The number of hydrogen-bond acceptors (Lipinski definition) is 5. The monoisotopic (exact) mass is 265 g/mol. The van der Waals surface area contributed by atoms with Gasteiger partial charge in [0.1, 0.15) is 5.69 Å². The van der Waals surface area contributed by atoms with Gasteiger partial charge in [-0.3, -0.25) is 4.79 Å². The maximum Gasteiger partial charge on any atom is 0.269 e. The molecule has 7 heteroatoms. The number of imidazole rings is 1. The van der Waals surface area contributed by atoms with Gasteiger partial charge in [-0.25, -0.2) is 9.97 Å². The molecule has 2 rings (SSSR count). The van der Waals surface area contributed by atoms with Crippen LogP contribution in [0.4, 0.5) is 5.13 Å². The SMILES string of the molecule is Cn1cncc1C(=O)NCCCc1csc(N)n1. The van der Waals surface area contributed by atoms with Crippen molar-refractivity contribution in [2.24, 2.45) is 7.05 Å². The highest BCUT2D eigenvalue weighted by molar-refractivity contribution is 7.13. The third-order valence-electron chi connectivity index (χ3n) is 2.51. The third-order valence-corrected chi connectivity index (χ3v) is 3.24. The second-order valence-electron chi connectivity index (χ2n) is 3.93. The van der Waals surface area contributed by atoms with E-state index in [-0.39, 0.29) is 5.91 Å². The van der Waals surface area contributed by atoms with Crippen molar-refractivity contribution in [1.29, 1.82) is 0 Å². The van der Waals surface area contributed by atoms with Gasteiger partial charge in [-0.1, -0.05) is 0 Å². The molecule has 0 saturated heterocycles. The van der Waals surface area contributed by atoms with Gasteiger partial charge in [0.05, 0.1) is 18.2 Å². The van der Waals surface area contributed by atoms with E-state index >= 15 is 0 Å². The number of aryl methyl sites for hydroxylation is 2. The number of hydrogen-bond donors (Lipinski definition) is 2. The number of carbonyl (C=O) groups is 1. The van der Waals surface area contributed by atoms with E-state index in [1.165, 1.54) is 11.3 Å². The smallest absolute Gasteiger partial charge is 0.269 e. The van der Waals surface area contributed by atoms with Crippen molar-refractivity contribution in [2.75, 3.05) is 12.3 Å². The first-order valence-electron chi connectivity index (χ1n) is 5.61. The fraction of sp³-hybridized carbons (Fsp3) is 0.364. The van der Waals surface area contributed by atoms with E-state index in [9.17, 15) is 4.79 Å². The zero-order chi connectivity index (χ0) is 13.0. The standard InChI is InChI=1S/C11H15N5OS/c1-16-7-13-5-9(16)10(17)14-4-2-3-8-6-18-11(12)15-8/h5-7H,2-4H2,1H3,(H2,12,15)(H,14,17). The third kappa shape index (κ3) is 3.07. The van der Waals surface area contributed by atoms with Crippen molar-refractivity contribution in [3.8, 4) is 0 Å². The van der Waals surface area contributed by atoms with Gasteiger partial charge in [-0.2, -0.15) is 0 Å². The number of aromatic nitrogens is 3. The van der Waals surface area contributed by atoms with Crippen molar-refractivity contribution < 1.29 is 4.79 Å². The van der Waals surface area contributed by atoms with E-state index in [0.29, 0.717) is 17.4 Å². The molecule has 0 unspecified atom stereocenters. The molecule has 0 radical (unpaired) electrons. The van der Waals surface area contributed by atoms with Crippen LogP contribution in [0.5, 0.6) is 0 Å². The molecule has 96 valence electrons. The Hall–Kier alpha value is -1.89. The molecule has 0 spiro atoms. The predicted octanol–water partition coefficient (Wildman–Crippen LogP) is 0.821. The van der Waals surface area contributed by atoms with Crippen molar-refractivity contribution >= 4 is 22.4 Å². The number of nitrogens with two attached hydrogens (primary N) is 1. The molecule has 3 N–H and O–H groups in total. The predicted molar refractivity (Wildman–Crippen MR) is 70.4 cm³/mol. The fourth-order valence-electron chi connectivity index (χ4n) is 1.58. The highest BCUT2D eigenvalue weighted by atomic mass is 32.1. The van der Waals surface area contributed by atoms with Crippen LogP contribution >= 0.6 is 11.3 Å². The minimum atomic E-state index is -0.104. The molecule has 18 heavy (non-hydrogen) atoms. The van der Waals surface area contributed by atoms with E-state index in [0.717, 1.165) is 18.5 Å². The van der Waals surface area contributed by atoms with Crippen molar-refractivity contribution in [1.82, 2.24) is 19.9 Å². The first-order valence-corrected chi connectivity index (χ1v) is 6.49. The minimum absolute atomic E-state index is 0.104. The van der Waals surface area contributed by atoms with Crippen LogP contribution in [0.2, 0.25) is 0 Å². The summed E-state index contributed by atoms with van der Waals surface area (Å²) in [5.41, 5.74) is 7.08. The van der Waals surface area contributed by atoms with Crippen LogP contribution in [0.25, 0.3) is 0 Å². The van der Waals surface area contributed by atoms with Crippen LogP contribution < -0.4 is 11.1 Å². The van der Waals surface area contributed by atoms with Crippen LogP contribution in [-0.2, 0) is 13.5 Å². The summed E-state index contributed by atoms with van der Waals surface area (Å²) in [5.74, 6) is -0.104. The number of nitrogens with one attached hydrogen (secondary N) is 1. The number of thiazole rings is 1. The molecule has 2 aromatic heterocycles. The molecular formula is C11H15N5OS. The summed E-state index contributed by atoms with van der Waals surface area (Å²) in [4.78, 5) is 19.8. The van der Waals surface area contributed by atoms with E-state index < -0.39 is 0 Å². The summed E-state index contributed by atoms with van der Waals surface area (Å²) >= 11 is 1.44. The van der Waals surface area contributed by atoms with E-state index in [4.69, 9.17) is 5.73 Å². The number of carbonyl (C=O) groups excluding carboxylic acids is 1. The molecule has 0 atom stereocenters. The molecule has 0 aliphatic carbocycles. The zero-order valence-corrected chi connectivity index (χ0v) is 10.9. The molecule has 0 bridgehead atoms. The molecule has 2 aromatic rings. The lowest BCUT2D eigenvalue weighted by Crippen LogP contribution is -2.26. The zero-order valence-electron chi connectivity index (χ0n) is 10.1. The van der Waals surface area contributed by atoms with E-state index in [2.05, 4.69) is 15.3 Å². The topological polar surface area (TPSA) is 85.8 Å². The molecule has 0 aliphatic heterocycles. The normalized spacial score (nSPS) is 10.5. The lowest BCUT2D eigenvalue weighted by molar-refractivity contribution is 0.0945. The van der Waals surface area contributed by atoms with Gasteiger partial charge in [0.15, 0.2) is 5.13 Å². The fourth-order valence-corrected chi connectivity index (χ4v) is 2.17. The molecule has 2 heterocycles. The molecule has 0 aromatic carbocycles. The molecule has 0 fully saturated rings. The molecule has 1 amide bonds. The Bertz CT molecular complexity index is 533. The van der Waals surface area contributed by atoms with Crippen LogP contribution in [-0.4, -0.2) is 27.0 Å². The van der Waals surface area contributed by atoms with Crippen LogP contribution in [0.3, 0.4) is 0 Å². The Labute approximate surface area is 109 Å². The first-order chi connectivity index (χ1) is 8.66. The van der Waals surface area contributed by atoms with Crippen LogP contribution in [0.15, 0.2) is 17.9 Å². The summed E-state index contributed by atoms with van der Waals surface area (Å²) in [6.07, 6.45) is 4.82. The number of rotatable bonds is 5. The average Bonchev–Trinajstić information content (AvgIpc) is 2.93. The minimum Gasteiger partial charge on any atom is -0.375 e.